The van der Waals surface area contributed by atoms with E-state index in [1.807, 2.05) is 0 Å². The maximum atomic E-state index is 14.7. The second-order valence-corrected chi connectivity index (χ2v) is 8.35. The van der Waals surface area contributed by atoms with Crippen LogP contribution in [0.2, 0.25) is 5.02 Å². The molecule has 176 valence electrons. The Hall–Kier alpha value is -3.34. The number of benzene rings is 1. The Morgan fingerprint density at radius 3 is 2.59 bits per heavy atom. The van der Waals surface area contributed by atoms with Crippen molar-refractivity contribution in [3.8, 4) is 5.69 Å². The van der Waals surface area contributed by atoms with E-state index in [4.69, 9.17) is 11.6 Å². The number of carbonyl (C=O) groups excluding carboxylic acids is 1. The standard InChI is InChI=1S/C22H15ClF5N5O/c1-10-20-31-14(21(34)32-7-11(24)8-32)9-33(20)15-5-4-12(22(26,27)28)17(23)16(15)19(30-10)18-13(25)3-2-6-29-18/h2-6,9-11H,7-8H2,1H3/t10-/m0/s1. The third kappa shape index (κ3) is 3.54. The third-order valence-electron chi connectivity index (χ3n) is 5.68. The first-order valence-electron chi connectivity index (χ1n) is 10.2. The number of amides is 1. The molecule has 0 saturated carbocycles. The molecule has 1 amide bonds. The van der Waals surface area contributed by atoms with Crippen molar-refractivity contribution in [1.29, 1.82) is 0 Å². The Morgan fingerprint density at radius 2 is 1.94 bits per heavy atom. The molecular weight excluding hydrogens is 481 g/mol. The Morgan fingerprint density at radius 1 is 1.21 bits per heavy atom. The first-order chi connectivity index (χ1) is 16.1. The minimum atomic E-state index is -4.78. The van der Waals surface area contributed by atoms with Gasteiger partial charge in [-0.05, 0) is 31.2 Å². The summed E-state index contributed by atoms with van der Waals surface area (Å²) >= 11 is 6.26. The molecule has 2 aliphatic heterocycles. The molecule has 0 bridgehead atoms. The summed E-state index contributed by atoms with van der Waals surface area (Å²) in [7, 11) is 0. The van der Waals surface area contributed by atoms with Crippen molar-refractivity contribution >= 4 is 23.2 Å². The lowest BCUT2D eigenvalue weighted by molar-refractivity contribution is -0.137. The van der Waals surface area contributed by atoms with Gasteiger partial charge in [0.15, 0.2) is 5.82 Å². The predicted molar refractivity (Wildman–Crippen MR) is 113 cm³/mol. The minimum Gasteiger partial charge on any atom is -0.331 e. The molecule has 0 N–H and O–H groups in total. The summed E-state index contributed by atoms with van der Waals surface area (Å²) in [5.41, 5.74) is -1.65. The van der Waals surface area contributed by atoms with Gasteiger partial charge >= 0.3 is 6.18 Å². The van der Waals surface area contributed by atoms with Crippen LogP contribution in [0.4, 0.5) is 22.0 Å². The second-order valence-electron chi connectivity index (χ2n) is 7.97. The van der Waals surface area contributed by atoms with E-state index in [-0.39, 0.29) is 47.3 Å². The zero-order valence-corrected chi connectivity index (χ0v) is 18.2. The summed E-state index contributed by atoms with van der Waals surface area (Å²) in [6, 6.07) is 3.62. The van der Waals surface area contributed by atoms with Crippen LogP contribution >= 0.6 is 11.6 Å². The predicted octanol–water partition coefficient (Wildman–Crippen LogP) is 4.78. The molecule has 3 aromatic rings. The molecule has 4 heterocycles. The molecule has 34 heavy (non-hydrogen) atoms. The van der Waals surface area contributed by atoms with Gasteiger partial charge in [0.1, 0.15) is 29.4 Å². The van der Waals surface area contributed by atoms with E-state index in [1.165, 1.54) is 34.0 Å². The molecule has 1 fully saturated rings. The SMILES string of the molecule is C[C@@H]1N=C(c2ncccc2F)c2c(ccc(C(F)(F)F)c2Cl)-n2cc(C(=O)N3CC(F)C3)nc21. The van der Waals surface area contributed by atoms with E-state index in [9.17, 15) is 26.7 Å². The highest BCUT2D eigenvalue weighted by Crippen LogP contribution is 2.41. The van der Waals surface area contributed by atoms with Crippen molar-refractivity contribution < 1.29 is 26.7 Å². The summed E-state index contributed by atoms with van der Waals surface area (Å²) in [6.45, 7) is 1.48. The van der Waals surface area contributed by atoms with Gasteiger partial charge in [0, 0.05) is 18.0 Å². The lowest BCUT2D eigenvalue weighted by Crippen LogP contribution is -2.51. The fourth-order valence-electron chi connectivity index (χ4n) is 4.00. The van der Waals surface area contributed by atoms with Gasteiger partial charge in [0.05, 0.1) is 35.1 Å². The summed E-state index contributed by atoms with van der Waals surface area (Å²) in [5, 5.41) is -0.682. The van der Waals surface area contributed by atoms with E-state index in [2.05, 4.69) is 15.0 Å². The van der Waals surface area contributed by atoms with Crippen molar-refractivity contribution in [2.24, 2.45) is 4.99 Å². The number of hydrogen-bond donors (Lipinski definition) is 0. The van der Waals surface area contributed by atoms with Gasteiger partial charge in [-0.3, -0.25) is 14.8 Å². The average Bonchev–Trinajstić information content (AvgIpc) is 3.15. The van der Waals surface area contributed by atoms with Crippen LogP contribution in [0.1, 0.15) is 46.1 Å². The lowest BCUT2D eigenvalue weighted by Gasteiger charge is -2.33. The molecule has 0 spiro atoms. The second kappa shape index (κ2) is 7.86. The molecule has 0 radical (unpaired) electrons. The fraction of sp³-hybridized carbons (Fsp3) is 0.273. The van der Waals surface area contributed by atoms with Crippen molar-refractivity contribution in [3.63, 3.8) is 0 Å². The zero-order valence-electron chi connectivity index (χ0n) is 17.4. The van der Waals surface area contributed by atoms with Crippen LogP contribution in [0, 0.1) is 5.82 Å². The van der Waals surface area contributed by atoms with Crippen molar-refractivity contribution in [1.82, 2.24) is 19.4 Å². The number of rotatable bonds is 2. The molecule has 5 rings (SSSR count). The largest absolute Gasteiger partial charge is 0.417 e. The van der Waals surface area contributed by atoms with Crippen LogP contribution < -0.4 is 0 Å². The van der Waals surface area contributed by atoms with Gasteiger partial charge in [-0.25, -0.2) is 13.8 Å². The first kappa shape index (κ1) is 22.5. The van der Waals surface area contributed by atoms with E-state index in [0.717, 1.165) is 12.1 Å². The topological polar surface area (TPSA) is 63.4 Å². The highest BCUT2D eigenvalue weighted by Gasteiger charge is 2.38. The Bertz CT molecular complexity index is 1350. The summed E-state index contributed by atoms with van der Waals surface area (Å²) in [5.74, 6) is -1.08. The highest BCUT2D eigenvalue weighted by molar-refractivity contribution is 6.37. The van der Waals surface area contributed by atoms with Gasteiger partial charge in [-0.2, -0.15) is 13.2 Å². The highest BCUT2D eigenvalue weighted by atomic mass is 35.5. The molecule has 0 unspecified atom stereocenters. The van der Waals surface area contributed by atoms with Gasteiger partial charge in [0.2, 0.25) is 0 Å². The van der Waals surface area contributed by atoms with E-state index < -0.39 is 40.7 Å². The van der Waals surface area contributed by atoms with Crippen molar-refractivity contribution in [3.05, 3.63) is 75.8 Å². The number of aromatic nitrogens is 3. The fourth-order valence-corrected chi connectivity index (χ4v) is 4.36. The number of hydrogen-bond acceptors (Lipinski definition) is 4. The molecule has 0 aliphatic carbocycles. The molecular formula is C22H15ClF5N5O. The summed E-state index contributed by atoms with van der Waals surface area (Å²) in [4.78, 5) is 26.7. The number of nitrogens with zero attached hydrogens (tertiary/aromatic N) is 5. The number of pyridine rings is 1. The number of alkyl halides is 4. The van der Waals surface area contributed by atoms with Gasteiger partial charge in [-0.15, -0.1) is 0 Å². The minimum absolute atomic E-state index is 0.0154. The Balaban J connectivity index is 1.74. The maximum Gasteiger partial charge on any atom is 0.417 e. The van der Waals surface area contributed by atoms with E-state index >= 15 is 0 Å². The van der Waals surface area contributed by atoms with Crippen molar-refractivity contribution in [2.75, 3.05) is 13.1 Å². The number of fused-ring (bicyclic) bond motifs is 3. The maximum absolute atomic E-state index is 14.7. The van der Waals surface area contributed by atoms with Crippen LogP contribution in [0.25, 0.3) is 5.69 Å². The number of aliphatic imine (C=N–C) groups is 1. The smallest absolute Gasteiger partial charge is 0.331 e. The quantitative estimate of drug-likeness (QED) is 0.480. The molecule has 1 aromatic carbocycles. The Labute approximate surface area is 194 Å². The normalized spacial score (nSPS) is 18.0. The third-order valence-corrected chi connectivity index (χ3v) is 6.07. The molecule has 12 heteroatoms. The van der Waals surface area contributed by atoms with Crippen LogP contribution in [0.3, 0.4) is 0 Å². The lowest BCUT2D eigenvalue weighted by atomic mass is 10.00. The van der Waals surface area contributed by atoms with Crippen LogP contribution in [-0.2, 0) is 6.18 Å². The van der Waals surface area contributed by atoms with Crippen molar-refractivity contribution in [2.45, 2.75) is 25.3 Å². The van der Waals surface area contributed by atoms with Crippen LogP contribution in [0.5, 0.6) is 0 Å². The monoisotopic (exact) mass is 495 g/mol. The molecule has 6 nitrogen and oxygen atoms in total. The van der Waals surface area contributed by atoms with Crippen LogP contribution in [0.15, 0.2) is 41.7 Å². The molecule has 1 atom stereocenters. The van der Waals surface area contributed by atoms with Crippen LogP contribution in [-0.4, -0.2) is 50.3 Å². The van der Waals surface area contributed by atoms with E-state index in [1.54, 1.807) is 6.92 Å². The zero-order chi connectivity index (χ0) is 24.4. The van der Waals surface area contributed by atoms with Gasteiger partial charge < -0.3 is 9.47 Å². The average molecular weight is 496 g/mol. The van der Waals surface area contributed by atoms with Gasteiger partial charge in [0.25, 0.3) is 5.91 Å². The number of carbonyl (C=O) groups is 1. The van der Waals surface area contributed by atoms with E-state index in [0.29, 0.717) is 0 Å². The molecule has 2 aliphatic rings. The summed E-state index contributed by atoms with van der Waals surface area (Å²) < 4.78 is 70.3. The number of imidazole rings is 1. The summed E-state index contributed by atoms with van der Waals surface area (Å²) in [6.07, 6.45) is -3.26. The molecule has 2 aromatic heterocycles. The number of halogens is 6. The number of likely N-dealkylation sites (tertiary alicyclic amines) is 1. The molecule has 1 saturated heterocycles. The Kier molecular flexibility index (Phi) is 5.19. The first-order valence-corrected chi connectivity index (χ1v) is 10.6. The van der Waals surface area contributed by atoms with Gasteiger partial charge in [-0.1, -0.05) is 11.6 Å².